The van der Waals surface area contributed by atoms with Crippen LogP contribution >= 0.6 is 11.3 Å². The van der Waals surface area contributed by atoms with Gasteiger partial charge in [-0.05, 0) is 47.3 Å². The van der Waals surface area contributed by atoms with E-state index in [4.69, 9.17) is 5.73 Å². The predicted molar refractivity (Wildman–Crippen MR) is 108 cm³/mol. The van der Waals surface area contributed by atoms with Gasteiger partial charge in [0.25, 0.3) is 0 Å². The first-order valence-corrected chi connectivity index (χ1v) is 10.1. The largest absolute Gasteiger partial charge is 0.399 e. The molecule has 136 valence electrons. The summed E-state index contributed by atoms with van der Waals surface area (Å²) in [5.74, 6) is -0.192. The van der Waals surface area contributed by atoms with Gasteiger partial charge in [0.05, 0.1) is 23.4 Å². The summed E-state index contributed by atoms with van der Waals surface area (Å²) >= 11 is 1.54. The molecule has 1 aromatic heterocycles. The molecule has 1 aromatic carbocycles. The van der Waals surface area contributed by atoms with E-state index in [0.29, 0.717) is 5.57 Å². The number of nitriles is 3. The number of nitrogens with zero attached hydrogens (tertiary/aromatic N) is 3. The van der Waals surface area contributed by atoms with Gasteiger partial charge in [-0.1, -0.05) is 42.5 Å². The van der Waals surface area contributed by atoms with Crippen LogP contribution in [0.15, 0.2) is 70.8 Å². The van der Waals surface area contributed by atoms with E-state index in [1.165, 1.54) is 16.9 Å². The minimum Gasteiger partial charge on any atom is -0.399 e. The molecular formula is C23H18N4S. The van der Waals surface area contributed by atoms with Crippen LogP contribution in [0.3, 0.4) is 0 Å². The third-order valence-electron chi connectivity index (χ3n) is 6.00. The van der Waals surface area contributed by atoms with E-state index in [2.05, 4.69) is 36.4 Å². The molecule has 0 radical (unpaired) electrons. The zero-order chi connectivity index (χ0) is 19.7. The molecular weight excluding hydrogens is 364 g/mol. The number of fused-ring (bicyclic) bond motifs is 1. The second-order valence-corrected chi connectivity index (χ2v) is 8.25. The standard InChI is InChI=1S/C23H18N4S/c24-12-19-17-9-8-16(15-5-2-1-3-6-15)11-18(17)21(20-7-4-10-28-20)23(13-25,14-26)22(19)27/h1-7,9-10,16,18,21H,8,11,27H2/t16-,18+,21+/m0/s1. The maximum atomic E-state index is 10.1. The molecule has 0 amide bonds. The first-order chi connectivity index (χ1) is 13.7. The van der Waals surface area contributed by atoms with Crippen molar-refractivity contribution in [2.75, 3.05) is 0 Å². The highest BCUT2D eigenvalue weighted by Crippen LogP contribution is 2.58. The van der Waals surface area contributed by atoms with Gasteiger partial charge in [-0.25, -0.2) is 0 Å². The van der Waals surface area contributed by atoms with E-state index < -0.39 is 5.41 Å². The maximum absolute atomic E-state index is 10.1. The summed E-state index contributed by atoms with van der Waals surface area (Å²) in [6.07, 6.45) is 3.69. The number of hydrogen-bond acceptors (Lipinski definition) is 5. The smallest absolute Gasteiger partial charge is 0.192 e. The van der Waals surface area contributed by atoms with Crippen LogP contribution in [-0.4, -0.2) is 0 Å². The van der Waals surface area contributed by atoms with Crippen LogP contribution in [0.1, 0.15) is 35.1 Å². The van der Waals surface area contributed by atoms with Crippen molar-refractivity contribution in [2.45, 2.75) is 24.7 Å². The Morgan fingerprint density at radius 1 is 1.04 bits per heavy atom. The highest BCUT2D eigenvalue weighted by Gasteiger charge is 2.54. The lowest BCUT2D eigenvalue weighted by Crippen LogP contribution is -2.43. The van der Waals surface area contributed by atoms with Crippen LogP contribution in [0, 0.1) is 45.3 Å². The highest BCUT2D eigenvalue weighted by molar-refractivity contribution is 7.10. The monoisotopic (exact) mass is 382 g/mol. The van der Waals surface area contributed by atoms with Gasteiger partial charge in [-0.2, -0.15) is 15.8 Å². The lowest BCUT2D eigenvalue weighted by molar-refractivity contribution is 0.307. The van der Waals surface area contributed by atoms with Crippen LogP contribution in [0.25, 0.3) is 0 Å². The summed E-state index contributed by atoms with van der Waals surface area (Å²) in [5, 5.41) is 31.8. The summed E-state index contributed by atoms with van der Waals surface area (Å²) in [4.78, 5) is 0.965. The molecule has 0 unspecified atom stereocenters. The zero-order valence-corrected chi connectivity index (χ0v) is 16.0. The predicted octanol–water partition coefficient (Wildman–Crippen LogP) is 4.74. The fraction of sp³-hybridized carbons (Fsp3) is 0.261. The van der Waals surface area contributed by atoms with Gasteiger partial charge in [-0.3, -0.25) is 0 Å². The first-order valence-electron chi connectivity index (χ1n) is 9.18. The molecule has 0 fully saturated rings. The lowest BCUT2D eigenvalue weighted by Gasteiger charge is -2.44. The van der Waals surface area contributed by atoms with Crippen molar-refractivity contribution in [3.63, 3.8) is 0 Å². The molecule has 2 aromatic rings. The van der Waals surface area contributed by atoms with Gasteiger partial charge >= 0.3 is 0 Å². The van der Waals surface area contributed by atoms with Crippen molar-refractivity contribution < 1.29 is 0 Å². The lowest BCUT2D eigenvalue weighted by atomic mass is 9.57. The number of rotatable bonds is 2. The molecule has 28 heavy (non-hydrogen) atoms. The van der Waals surface area contributed by atoms with Gasteiger partial charge in [0, 0.05) is 10.8 Å². The second-order valence-electron chi connectivity index (χ2n) is 7.27. The normalized spacial score (nSPS) is 25.6. The van der Waals surface area contributed by atoms with Gasteiger partial charge in [0.15, 0.2) is 5.41 Å². The molecule has 5 heteroatoms. The van der Waals surface area contributed by atoms with Crippen LogP contribution in [0.5, 0.6) is 0 Å². The molecule has 2 N–H and O–H groups in total. The van der Waals surface area contributed by atoms with Crippen LogP contribution < -0.4 is 5.73 Å². The number of thiophene rings is 1. The second kappa shape index (κ2) is 7.01. The molecule has 2 aliphatic carbocycles. The molecule has 0 saturated heterocycles. The molecule has 2 aliphatic rings. The Morgan fingerprint density at radius 2 is 1.79 bits per heavy atom. The molecule has 0 spiro atoms. The summed E-state index contributed by atoms with van der Waals surface area (Å²) in [5.41, 5.74) is 7.33. The third kappa shape index (κ3) is 2.55. The zero-order valence-electron chi connectivity index (χ0n) is 15.2. The Labute approximate surface area is 168 Å². The maximum Gasteiger partial charge on any atom is 0.192 e. The molecule has 4 nitrogen and oxygen atoms in total. The molecule has 0 saturated carbocycles. The number of allylic oxidation sites excluding steroid dienone is 4. The first kappa shape index (κ1) is 18.1. The summed E-state index contributed by atoms with van der Waals surface area (Å²) in [6.45, 7) is 0. The number of hydrogen-bond donors (Lipinski definition) is 1. The van der Waals surface area contributed by atoms with Crippen LogP contribution in [0.2, 0.25) is 0 Å². The quantitative estimate of drug-likeness (QED) is 0.811. The van der Waals surface area contributed by atoms with E-state index in [0.717, 1.165) is 23.3 Å². The van der Waals surface area contributed by atoms with Crippen molar-refractivity contribution in [3.05, 3.63) is 81.2 Å². The van der Waals surface area contributed by atoms with Gasteiger partial charge in [0.2, 0.25) is 0 Å². The van der Waals surface area contributed by atoms with Gasteiger partial charge < -0.3 is 5.73 Å². The van der Waals surface area contributed by atoms with Gasteiger partial charge in [0.1, 0.15) is 6.07 Å². The van der Waals surface area contributed by atoms with Crippen molar-refractivity contribution >= 4 is 11.3 Å². The fourth-order valence-electron chi connectivity index (χ4n) is 4.66. The molecule has 4 rings (SSSR count). The minimum absolute atomic E-state index is 0.0964. The number of benzene rings is 1. The fourth-order valence-corrected chi connectivity index (χ4v) is 5.62. The van der Waals surface area contributed by atoms with E-state index in [-0.39, 0.29) is 23.5 Å². The minimum atomic E-state index is -1.53. The Morgan fingerprint density at radius 3 is 2.39 bits per heavy atom. The van der Waals surface area contributed by atoms with Gasteiger partial charge in [-0.15, -0.1) is 11.3 Å². The van der Waals surface area contributed by atoms with Crippen molar-refractivity contribution in [1.82, 2.24) is 0 Å². The average Bonchev–Trinajstić information content (AvgIpc) is 3.27. The Bertz CT molecular complexity index is 1060. The van der Waals surface area contributed by atoms with E-state index in [1.807, 2.05) is 35.7 Å². The molecule has 0 bridgehead atoms. The van der Waals surface area contributed by atoms with Crippen LogP contribution in [-0.2, 0) is 0 Å². The van der Waals surface area contributed by atoms with E-state index in [1.54, 1.807) is 0 Å². The summed E-state index contributed by atoms with van der Waals surface area (Å²) in [6, 6.07) is 20.7. The number of nitrogens with two attached hydrogens (primary N) is 1. The van der Waals surface area contributed by atoms with Crippen molar-refractivity contribution in [2.24, 2.45) is 17.1 Å². The third-order valence-corrected chi connectivity index (χ3v) is 6.95. The van der Waals surface area contributed by atoms with Crippen molar-refractivity contribution in [1.29, 1.82) is 15.8 Å². The van der Waals surface area contributed by atoms with E-state index in [9.17, 15) is 15.8 Å². The molecule has 0 aliphatic heterocycles. The van der Waals surface area contributed by atoms with Crippen molar-refractivity contribution in [3.8, 4) is 18.2 Å². The Balaban J connectivity index is 1.91. The van der Waals surface area contributed by atoms with E-state index >= 15 is 0 Å². The average molecular weight is 382 g/mol. The topological polar surface area (TPSA) is 97.4 Å². The summed E-state index contributed by atoms with van der Waals surface area (Å²) in [7, 11) is 0. The van der Waals surface area contributed by atoms with Crippen LogP contribution in [0.4, 0.5) is 0 Å². The SMILES string of the molecule is N#CC1=C(N)C(C#N)(C#N)[C@@H](c2cccs2)[C@@H]2C[C@@H](c3ccccc3)CC=C12. The highest BCUT2D eigenvalue weighted by atomic mass is 32.1. The Kier molecular flexibility index (Phi) is 4.52. The molecule has 3 atom stereocenters. The Hall–Kier alpha value is -3.33. The molecule has 1 heterocycles. The summed E-state index contributed by atoms with van der Waals surface area (Å²) < 4.78 is 0.